The Morgan fingerprint density at radius 1 is 0.897 bits per heavy atom. The average molecular weight is 403 g/mol. The van der Waals surface area contributed by atoms with Crippen LogP contribution >= 0.6 is 0 Å². The third-order valence-electron chi connectivity index (χ3n) is 10.3. The predicted molar refractivity (Wildman–Crippen MR) is 126 cm³/mol. The molecule has 168 valence electrons. The summed E-state index contributed by atoms with van der Waals surface area (Å²) in [4.78, 5) is 0. The van der Waals surface area contributed by atoms with E-state index in [0.29, 0.717) is 16.7 Å². The van der Waals surface area contributed by atoms with E-state index in [9.17, 15) is 5.11 Å². The molecule has 4 aliphatic rings. The highest BCUT2D eigenvalue weighted by atomic mass is 16.3. The molecule has 29 heavy (non-hydrogen) atoms. The smallest absolute Gasteiger partial charge is 0.0594 e. The summed E-state index contributed by atoms with van der Waals surface area (Å²) in [5.41, 5.74) is 4.80. The molecule has 0 bridgehead atoms. The Labute approximate surface area is 182 Å². The van der Waals surface area contributed by atoms with Crippen LogP contribution < -0.4 is 0 Å². The minimum absolute atomic E-state index is 0.0741. The first-order valence-corrected chi connectivity index (χ1v) is 13.2. The topological polar surface area (TPSA) is 20.2 Å². The molecule has 2 fully saturated rings. The van der Waals surface area contributed by atoms with Crippen molar-refractivity contribution in [1.82, 2.24) is 0 Å². The lowest BCUT2D eigenvalue weighted by Crippen LogP contribution is -2.53. The largest absolute Gasteiger partial charge is 0.393 e. The van der Waals surface area contributed by atoms with Crippen LogP contribution in [-0.4, -0.2) is 11.2 Å². The standard InChI is InChI=1S/C26H44O.C2H6/c1-6-7-8-9-18-10-12-20-19-11-13-22-24(2,3)23(27)15-17-26(22,5)21(19)14-16-25(18,20)4;1-2/h18,20,22-23,27H,6-17H2,1-5H3;1-2H3. The van der Waals surface area contributed by atoms with E-state index in [1.807, 2.05) is 25.0 Å². The molecule has 1 heteroatoms. The Balaban J connectivity index is 0.00000117. The van der Waals surface area contributed by atoms with Crippen LogP contribution in [0.3, 0.4) is 0 Å². The van der Waals surface area contributed by atoms with Crippen molar-refractivity contribution < 1.29 is 5.11 Å². The molecule has 0 amide bonds. The first-order valence-electron chi connectivity index (χ1n) is 13.2. The van der Waals surface area contributed by atoms with E-state index in [4.69, 9.17) is 0 Å². The minimum atomic E-state index is -0.110. The van der Waals surface area contributed by atoms with Crippen LogP contribution in [0.2, 0.25) is 0 Å². The van der Waals surface area contributed by atoms with E-state index < -0.39 is 0 Å². The summed E-state index contributed by atoms with van der Waals surface area (Å²) >= 11 is 0. The van der Waals surface area contributed by atoms with Crippen LogP contribution in [0.25, 0.3) is 0 Å². The summed E-state index contributed by atoms with van der Waals surface area (Å²) in [6.45, 7) is 16.3. The summed E-state index contributed by atoms with van der Waals surface area (Å²) in [5, 5.41) is 10.7. The Kier molecular flexibility index (Phi) is 6.99. The van der Waals surface area contributed by atoms with Gasteiger partial charge in [0.1, 0.15) is 0 Å². The summed E-state index contributed by atoms with van der Waals surface area (Å²) in [6.07, 6.45) is 16.1. The highest BCUT2D eigenvalue weighted by Crippen LogP contribution is 2.67. The van der Waals surface area contributed by atoms with E-state index in [1.165, 1.54) is 70.6 Å². The highest BCUT2D eigenvalue weighted by molar-refractivity contribution is 5.35. The molecule has 0 aliphatic heterocycles. The molecule has 1 nitrogen and oxygen atoms in total. The average Bonchev–Trinajstić information content (AvgIpc) is 3.04. The van der Waals surface area contributed by atoms with E-state index in [2.05, 4.69) is 34.6 Å². The van der Waals surface area contributed by atoms with Gasteiger partial charge in [0.15, 0.2) is 0 Å². The zero-order valence-electron chi connectivity index (χ0n) is 20.7. The molecule has 0 spiro atoms. The SMILES string of the molecule is CC.CCCCCC1CCC2C3=C(CCC12C)C1(C)CCC(O)C(C)(C)C1CC3. The molecule has 4 aliphatic carbocycles. The molecule has 0 heterocycles. The van der Waals surface area contributed by atoms with Crippen molar-refractivity contribution in [2.24, 2.45) is 34.0 Å². The van der Waals surface area contributed by atoms with Crippen molar-refractivity contribution in [1.29, 1.82) is 0 Å². The summed E-state index contributed by atoms with van der Waals surface area (Å²) < 4.78 is 0. The molecule has 0 aromatic heterocycles. The van der Waals surface area contributed by atoms with Gasteiger partial charge in [0.05, 0.1) is 6.10 Å². The molecule has 0 radical (unpaired) electrons. The number of hydrogen-bond acceptors (Lipinski definition) is 1. The Morgan fingerprint density at radius 3 is 2.31 bits per heavy atom. The Hall–Kier alpha value is -0.300. The fourth-order valence-corrected chi connectivity index (χ4v) is 8.51. The van der Waals surface area contributed by atoms with Crippen molar-refractivity contribution in [3.63, 3.8) is 0 Å². The number of aliphatic hydroxyl groups excluding tert-OH is 1. The summed E-state index contributed by atoms with van der Waals surface area (Å²) in [7, 11) is 0. The van der Waals surface area contributed by atoms with E-state index in [-0.39, 0.29) is 11.5 Å². The lowest BCUT2D eigenvalue weighted by molar-refractivity contribution is -0.0928. The Morgan fingerprint density at radius 2 is 1.62 bits per heavy atom. The number of allylic oxidation sites excluding steroid dienone is 2. The van der Waals surface area contributed by atoms with Gasteiger partial charge in [-0.25, -0.2) is 0 Å². The number of fused-ring (bicyclic) bond motifs is 4. The van der Waals surface area contributed by atoms with Crippen LogP contribution in [0.5, 0.6) is 0 Å². The molecular formula is C28H50O. The second kappa shape index (κ2) is 8.68. The first-order chi connectivity index (χ1) is 13.7. The van der Waals surface area contributed by atoms with E-state index in [0.717, 1.165) is 18.3 Å². The van der Waals surface area contributed by atoms with Crippen molar-refractivity contribution in [2.75, 3.05) is 0 Å². The third-order valence-corrected chi connectivity index (χ3v) is 10.3. The fourth-order valence-electron chi connectivity index (χ4n) is 8.51. The van der Waals surface area contributed by atoms with Crippen molar-refractivity contribution in [3.05, 3.63) is 11.1 Å². The fraction of sp³-hybridized carbons (Fsp3) is 0.929. The van der Waals surface area contributed by atoms with Crippen molar-refractivity contribution in [3.8, 4) is 0 Å². The lowest BCUT2D eigenvalue weighted by atomic mass is 9.46. The second-order valence-electron chi connectivity index (χ2n) is 11.7. The number of rotatable bonds is 4. The van der Waals surface area contributed by atoms with Crippen LogP contribution in [0.15, 0.2) is 11.1 Å². The van der Waals surface area contributed by atoms with Gasteiger partial charge in [0.25, 0.3) is 0 Å². The van der Waals surface area contributed by atoms with Gasteiger partial charge in [0, 0.05) is 0 Å². The molecule has 6 unspecified atom stereocenters. The maximum atomic E-state index is 10.7. The maximum absolute atomic E-state index is 10.7. The van der Waals surface area contributed by atoms with Gasteiger partial charge in [-0.2, -0.15) is 0 Å². The normalized spacial score (nSPS) is 43.0. The van der Waals surface area contributed by atoms with Gasteiger partial charge >= 0.3 is 0 Å². The maximum Gasteiger partial charge on any atom is 0.0594 e. The molecule has 6 atom stereocenters. The van der Waals surface area contributed by atoms with E-state index in [1.54, 1.807) is 0 Å². The monoisotopic (exact) mass is 402 g/mol. The molecule has 2 saturated carbocycles. The zero-order chi connectivity index (χ0) is 21.4. The van der Waals surface area contributed by atoms with Crippen LogP contribution in [0.1, 0.15) is 126 Å². The predicted octanol–water partition coefficient (Wildman–Crippen LogP) is 8.31. The van der Waals surface area contributed by atoms with Gasteiger partial charge < -0.3 is 5.11 Å². The summed E-state index contributed by atoms with van der Waals surface area (Å²) in [6, 6.07) is 0. The van der Waals surface area contributed by atoms with Crippen LogP contribution in [0, 0.1) is 34.0 Å². The number of aliphatic hydroxyl groups is 1. The van der Waals surface area contributed by atoms with Crippen LogP contribution in [0.4, 0.5) is 0 Å². The minimum Gasteiger partial charge on any atom is -0.393 e. The Bertz CT molecular complexity index is 601. The third kappa shape index (κ3) is 3.66. The number of unbranched alkanes of at least 4 members (excludes halogenated alkanes) is 2. The van der Waals surface area contributed by atoms with Gasteiger partial charge in [-0.1, -0.05) is 78.9 Å². The zero-order valence-corrected chi connectivity index (χ0v) is 20.7. The highest BCUT2D eigenvalue weighted by Gasteiger charge is 2.58. The van der Waals surface area contributed by atoms with E-state index >= 15 is 0 Å². The quantitative estimate of drug-likeness (QED) is 0.370. The molecule has 0 saturated heterocycles. The van der Waals surface area contributed by atoms with Gasteiger partial charge in [-0.05, 0) is 91.8 Å². The first kappa shape index (κ1) is 23.4. The molecule has 1 N–H and O–H groups in total. The van der Waals surface area contributed by atoms with Crippen molar-refractivity contribution in [2.45, 2.75) is 132 Å². The number of hydrogen-bond donors (Lipinski definition) is 1. The summed E-state index contributed by atoms with van der Waals surface area (Å²) in [5.74, 6) is 2.51. The van der Waals surface area contributed by atoms with Crippen molar-refractivity contribution >= 4 is 0 Å². The van der Waals surface area contributed by atoms with Crippen LogP contribution in [-0.2, 0) is 0 Å². The van der Waals surface area contributed by atoms with Gasteiger partial charge in [-0.3, -0.25) is 0 Å². The lowest BCUT2D eigenvalue weighted by Gasteiger charge is -2.59. The van der Waals surface area contributed by atoms with Gasteiger partial charge in [-0.15, -0.1) is 0 Å². The molecular weight excluding hydrogens is 352 g/mol. The van der Waals surface area contributed by atoms with Gasteiger partial charge in [0.2, 0.25) is 0 Å². The molecule has 0 aromatic rings. The molecule has 0 aromatic carbocycles. The molecule has 4 rings (SSSR count). The second-order valence-corrected chi connectivity index (χ2v) is 11.7.